The van der Waals surface area contributed by atoms with E-state index in [1.54, 1.807) is 6.92 Å². The second-order valence-electron chi connectivity index (χ2n) is 4.85. The Hall–Kier alpha value is -1.14. The molecule has 0 saturated heterocycles. The summed E-state index contributed by atoms with van der Waals surface area (Å²) in [5.74, 6) is 0.0697. The molecule has 0 aliphatic carbocycles. The van der Waals surface area contributed by atoms with Crippen LogP contribution in [0, 0.1) is 5.82 Å². The molecule has 114 valence electrons. The molecule has 0 radical (unpaired) electrons. The van der Waals surface area contributed by atoms with Gasteiger partial charge in [0, 0.05) is 11.8 Å². The smallest absolute Gasteiger partial charge is 0.151 e. The van der Waals surface area contributed by atoms with Crippen molar-refractivity contribution in [3.63, 3.8) is 0 Å². The van der Waals surface area contributed by atoms with Gasteiger partial charge in [0.25, 0.3) is 0 Å². The molecule has 0 bridgehead atoms. The fourth-order valence-electron chi connectivity index (χ4n) is 2.02. The van der Waals surface area contributed by atoms with E-state index in [9.17, 15) is 12.8 Å². The highest BCUT2D eigenvalue weighted by atomic mass is 32.2. The van der Waals surface area contributed by atoms with Crippen LogP contribution in [0.3, 0.4) is 0 Å². The van der Waals surface area contributed by atoms with Gasteiger partial charge in [-0.15, -0.1) is 0 Å². The van der Waals surface area contributed by atoms with Crippen LogP contribution in [0.2, 0.25) is 0 Å². The third-order valence-corrected chi connectivity index (χ3v) is 4.91. The summed E-state index contributed by atoms with van der Waals surface area (Å²) in [4.78, 5) is 0. The highest BCUT2D eigenvalue weighted by molar-refractivity contribution is 7.91. The molecule has 1 aromatic carbocycles. The van der Waals surface area contributed by atoms with Crippen molar-refractivity contribution in [2.24, 2.45) is 0 Å². The van der Waals surface area contributed by atoms with Crippen molar-refractivity contribution in [2.75, 3.05) is 19.9 Å². The molecule has 6 heteroatoms. The van der Waals surface area contributed by atoms with Gasteiger partial charge in [-0.2, -0.15) is 0 Å². The van der Waals surface area contributed by atoms with E-state index in [1.165, 1.54) is 31.6 Å². The Morgan fingerprint density at radius 2 is 2.05 bits per heavy atom. The number of halogens is 1. The van der Waals surface area contributed by atoms with Crippen molar-refractivity contribution in [2.45, 2.75) is 31.6 Å². The van der Waals surface area contributed by atoms with Crippen LogP contribution in [0.15, 0.2) is 18.2 Å². The zero-order valence-electron chi connectivity index (χ0n) is 12.3. The Balaban J connectivity index is 3.26. The summed E-state index contributed by atoms with van der Waals surface area (Å²) in [6.07, 6.45) is 2.04. The van der Waals surface area contributed by atoms with Gasteiger partial charge < -0.3 is 10.1 Å². The monoisotopic (exact) mass is 303 g/mol. The van der Waals surface area contributed by atoms with E-state index >= 15 is 0 Å². The van der Waals surface area contributed by atoms with Gasteiger partial charge in [-0.05, 0) is 38.1 Å². The lowest BCUT2D eigenvalue weighted by Crippen LogP contribution is -2.35. The Morgan fingerprint density at radius 1 is 1.40 bits per heavy atom. The second-order valence-corrected chi connectivity index (χ2v) is 7.26. The third kappa shape index (κ3) is 4.18. The van der Waals surface area contributed by atoms with E-state index in [2.05, 4.69) is 5.32 Å². The molecule has 20 heavy (non-hydrogen) atoms. The average Bonchev–Trinajstić information content (AvgIpc) is 2.38. The zero-order valence-corrected chi connectivity index (χ0v) is 13.1. The van der Waals surface area contributed by atoms with Crippen LogP contribution in [0.4, 0.5) is 4.39 Å². The summed E-state index contributed by atoms with van der Waals surface area (Å²) in [6, 6.07) is 3.63. The highest BCUT2D eigenvalue weighted by Gasteiger charge is 2.29. The van der Waals surface area contributed by atoms with Crippen LogP contribution >= 0.6 is 0 Å². The van der Waals surface area contributed by atoms with E-state index in [0.29, 0.717) is 17.9 Å². The van der Waals surface area contributed by atoms with Crippen molar-refractivity contribution in [3.05, 3.63) is 29.6 Å². The summed E-state index contributed by atoms with van der Waals surface area (Å²) in [7, 11) is -1.77. The molecule has 0 aromatic heterocycles. The van der Waals surface area contributed by atoms with Gasteiger partial charge in [-0.25, -0.2) is 12.8 Å². The van der Waals surface area contributed by atoms with Gasteiger partial charge in [0.05, 0.1) is 18.4 Å². The summed E-state index contributed by atoms with van der Waals surface area (Å²) < 4.78 is 42.4. The van der Waals surface area contributed by atoms with Crippen molar-refractivity contribution in [1.82, 2.24) is 5.32 Å². The maximum Gasteiger partial charge on any atom is 0.151 e. The Bertz CT molecular complexity index is 545. The van der Waals surface area contributed by atoms with E-state index < -0.39 is 26.9 Å². The number of sulfone groups is 1. The SMILES string of the molecule is CCCNC(c1cc(F)ccc1OC)C(C)S(C)(=O)=O. The molecule has 0 aliphatic heterocycles. The predicted octanol–water partition coefficient (Wildman–Crippen LogP) is 2.31. The number of hydrogen-bond donors (Lipinski definition) is 1. The summed E-state index contributed by atoms with van der Waals surface area (Å²) in [5, 5.41) is 2.49. The predicted molar refractivity (Wildman–Crippen MR) is 78.3 cm³/mol. The van der Waals surface area contributed by atoms with Crippen LogP contribution < -0.4 is 10.1 Å². The largest absolute Gasteiger partial charge is 0.496 e. The van der Waals surface area contributed by atoms with Gasteiger partial charge in [0.15, 0.2) is 9.84 Å². The molecular weight excluding hydrogens is 281 g/mol. The average molecular weight is 303 g/mol. The number of benzene rings is 1. The zero-order chi connectivity index (χ0) is 15.3. The van der Waals surface area contributed by atoms with Crippen LogP contribution in [0.5, 0.6) is 5.75 Å². The van der Waals surface area contributed by atoms with Crippen molar-refractivity contribution in [1.29, 1.82) is 0 Å². The molecule has 0 saturated carbocycles. The Kier molecular flexibility index (Phi) is 5.95. The number of methoxy groups -OCH3 is 1. The summed E-state index contributed by atoms with van der Waals surface area (Å²) in [6.45, 7) is 4.25. The molecule has 1 rings (SSSR count). The maximum atomic E-state index is 13.5. The first-order valence-corrected chi connectivity index (χ1v) is 8.52. The number of nitrogens with one attached hydrogen (secondary N) is 1. The van der Waals surface area contributed by atoms with Crippen LogP contribution in [-0.4, -0.2) is 33.6 Å². The van der Waals surface area contributed by atoms with E-state index in [-0.39, 0.29) is 0 Å². The quantitative estimate of drug-likeness (QED) is 0.840. The normalized spacial score (nSPS) is 14.8. The van der Waals surface area contributed by atoms with Crippen molar-refractivity contribution >= 4 is 9.84 Å². The molecule has 0 amide bonds. The lowest BCUT2D eigenvalue weighted by Gasteiger charge is -2.26. The van der Waals surface area contributed by atoms with E-state index in [0.717, 1.165) is 6.42 Å². The minimum absolute atomic E-state index is 0.412. The molecule has 0 heterocycles. The molecule has 4 nitrogen and oxygen atoms in total. The molecule has 2 unspecified atom stereocenters. The van der Waals surface area contributed by atoms with Crippen molar-refractivity contribution < 1.29 is 17.5 Å². The minimum Gasteiger partial charge on any atom is -0.496 e. The van der Waals surface area contributed by atoms with Crippen LogP contribution in [0.25, 0.3) is 0 Å². The first kappa shape index (κ1) is 16.9. The lowest BCUT2D eigenvalue weighted by molar-refractivity contribution is 0.394. The van der Waals surface area contributed by atoms with Gasteiger partial charge >= 0.3 is 0 Å². The minimum atomic E-state index is -3.26. The molecule has 0 spiro atoms. The van der Waals surface area contributed by atoms with Gasteiger partial charge in [0.2, 0.25) is 0 Å². The van der Waals surface area contributed by atoms with E-state index in [4.69, 9.17) is 4.74 Å². The topological polar surface area (TPSA) is 55.4 Å². The summed E-state index contributed by atoms with van der Waals surface area (Å²) in [5.41, 5.74) is 0.527. The highest BCUT2D eigenvalue weighted by Crippen LogP contribution is 2.30. The number of ether oxygens (including phenoxy) is 1. The fourth-order valence-corrected chi connectivity index (χ4v) is 2.76. The van der Waals surface area contributed by atoms with Gasteiger partial charge in [-0.3, -0.25) is 0 Å². The molecule has 1 N–H and O–H groups in total. The number of rotatable bonds is 7. The fraction of sp³-hybridized carbons (Fsp3) is 0.571. The first-order chi connectivity index (χ1) is 9.31. The number of hydrogen-bond acceptors (Lipinski definition) is 4. The summed E-state index contributed by atoms with van der Waals surface area (Å²) >= 11 is 0. The first-order valence-electron chi connectivity index (χ1n) is 6.57. The Morgan fingerprint density at radius 3 is 2.55 bits per heavy atom. The third-order valence-electron chi connectivity index (χ3n) is 3.29. The van der Waals surface area contributed by atoms with Gasteiger partial charge in [-0.1, -0.05) is 6.92 Å². The standard InChI is InChI=1S/C14H22FNO3S/c1-5-8-16-14(10(2)20(4,17)18)12-9-11(15)6-7-13(12)19-3/h6-7,9-10,14,16H,5,8H2,1-4H3. The molecule has 2 atom stereocenters. The van der Waals surface area contributed by atoms with Crippen LogP contribution in [-0.2, 0) is 9.84 Å². The Labute approximate surface area is 120 Å². The molecular formula is C14H22FNO3S. The molecule has 1 aromatic rings. The van der Waals surface area contributed by atoms with Crippen LogP contribution in [0.1, 0.15) is 31.9 Å². The lowest BCUT2D eigenvalue weighted by atomic mass is 10.0. The maximum absolute atomic E-state index is 13.5. The molecule has 0 fully saturated rings. The van der Waals surface area contributed by atoms with Gasteiger partial charge in [0.1, 0.15) is 11.6 Å². The second kappa shape index (κ2) is 7.04. The molecule has 0 aliphatic rings. The van der Waals surface area contributed by atoms with E-state index in [1.807, 2.05) is 6.92 Å². The van der Waals surface area contributed by atoms with Crippen molar-refractivity contribution in [3.8, 4) is 5.75 Å².